The van der Waals surface area contributed by atoms with Gasteiger partial charge in [0.2, 0.25) is 5.91 Å². The highest BCUT2D eigenvalue weighted by molar-refractivity contribution is 6.31. The maximum Gasteiger partial charge on any atom is 0.225 e. The summed E-state index contributed by atoms with van der Waals surface area (Å²) in [5.74, 6) is -0.493. The number of amides is 1. The molecule has 2 aliphatic rings. The van der Waals surface area contributed by atoms with Gasteiger partial charge in [-0.2, -0.15) is 0 Å². The first kappa shape index (κ1) is 20.4. The fraction of sp³-hybridized carbons (Fsp3) is 0.304. The molecule has 2 aromatic carbocycles. The summed E-state index contributed by atoms with van der Waals surface area (Å²) in [5.41, 5.74) is 2.01. The van der Waals surface area contributed by atoms with Crippen molar-refractivity contribution in [3.8, 4) is 11.5 Å². The van der Waals surface area contributed by atoms with E-state index in [9.17, 15) is 14.0 Å². The van der Waals surface area contributed by atoms with Crippen LogP contribution in [0.4, 0.5) is 4.39 Å². The van der Waals surface area contributed by atoms with E-state index >= 15 is 0 Å². The molecule has 1 aliphatic heterocycles. The number of allylic oxidation sites excluding steroid dienone is 2. The lowest BCUT2D eigenvalue weighted by atomic mass is 9.73. The normalized spacial score (nSPS) is 21.2. The quantitative estimate of drug-likeness (QED) is 0.777. The molecule has 0 spiro atoms. The van der Waals surface area contributed by atoms with Gasteiger partial charge in [-0.15, -0.1) is 0 Å². The van der Waals surface area contributed by atoms with Gasteiger partial charge in [0.25, 0.3) is 0 Å². The lowest BCUT2D eigenvalue weighted by Gasteiger charge is -2.35. The van der Waals surface area contributed by atoms with E-state index in [0.29, 0.717) is 29.2 Å². The summed E-state index contributed by atoms with van der Waals surface area (Å²) in [6.45, 7) is 0. The summed E-state index contributed by atoms with van der Waals surface area (Å²) in [4.78, 5) is 25.7. The van der Waals surface area contributed by atoms with Crippen LogP contribution in [-0.4, -0.2) is 25.9 Å². The second kappa shape index (κ2) is 8.11. The molecule has 2 aromatic rings. The van der Waals surface area contributed by atoms with Crippen molar-refractivity contribution in [1.82, 2.24) is 5.32 Å². The lowest BCUT2D eigenvalue weighted by molar-refractivity contribution is -0.122. The van der Waals surface area contributed by atoms with Gasteiger partial charge in [-0.3, -0.25) is 9.59 Å². The molecule has 156 valence electrons. The van der Waals surface area contributed by atoms with Crippen LogP contribution in [0.1, 0.15) is 42.2 Å². The number of nitrogens with one attached hydrogen (secondary N) is 1. The number of methoxy groups -OCH3 is 2. The van der Waals surface area contributed by atoms with Crippen LogP contribution in [0, 0.1) is 5.82 Å². The van der Waals surface area contributed by atoms with Crippen LogP contribution in [0.2, 0.25) is 5.02 Å². The molecule has 5 nitrogen and oxygen atoms in total. The summed E-state index contributed by atoms with van der Waals surface area (Å²) in [6.07, 6.45) is 0.637. The fourth-order valence-corrected chi connectivity index (χ4v) is 4.72. The SMILES string of the molecule is COc1ccc(OC)c([C@H]2CC(=O)C3=C(C2)NC(=O)C[C@H]3c2c(F)cccc2Cl)c1. The van der Waals surface area contributed by atoms with Crippen molar-refractivity contribution in [3.05, 3.63) is 69.6 Å². The van der Waals surface area contributed by atoms with Crippen molar-refractivity contribution >= 4 is 23.3 Å². The third kappa shape index (κ3) is 3.56. The average Bonchev–Trinajstić information content (AvgIpc) is 2.72. The molecule has 0 saturated carbocycles. The minimum atomic E-state index is -0.692. The maximum atomic E-state index is 14.6. The van der Waals surface area contributed by atoms with Gasteiger partial charge in [0.15, 0.2) is 5.78 Å². The molecule has 0 radical (unpaired) electrons. The van der Waals surface area contributed by atoms with Crippen LogP contribution in [0.3, 0.4) is 0 Å². The van der Waals surface area contributed by atoms with Gasteiger partial charge in [0.1, 0.15) is 17.3 Å². The smallest absolute Gasteiger partial charge is 0.225 e. The Balaban J connectivity index is 1.77. The average molecular weight is 430 g/mol. The van der Waals surface area contributed by atoms with Crippen LogP contribution in [0.15, 0.2) is 47.7 Å². The molecule has 1 amide bonds. The second-order valence-corrected chi connectivity index (χ2v) is 7.88. The van der Waals surface area contributed by atoms with Crippen LogP contribution in [0.5, 0.6) is 11.5 Å². The summed E-state index contributed by atoms with van der Waals surface area (Å²) < 4.78 is 25.4. The van der Waals surface area contributed by atoms with Crippen LogP contribution < -0.4 is 14.8 Å². The van der Waals surface area contributed by atoms with Crippen molar-refractivity contribution in [1.29, 1.82) is 0 Å². The van der Waals surface area contributed by atoms with Crippen LogP contribution >= 0.6 is 11.6 Å². The van der Waals surface area contributed by atoms with E-state index in [1.807, 2.05) is 6.07 Å². The van der Waals surface area contributed by atoms with Crippen LogP contribution in [0.25, 0.3) is 0 Å². The Morgan fingerprint density at radius 2 is 1.87 bits per heavy atom. The van der Waals surface area contributed by atoms with Crippen molar-refractivity contribution in [3.63, 3.8) is 0 Å². The zero-order valence-electron chi connectivity index (χ0n) is 16.6. The molecule has 4 rings (SSSR count). The van der Waals surface area contributed by atoms with Gasteiger partial charge < -0.3 is 14.8 Å². The number of hydrogen-bond donors (Lipinski definition) is 1. The number of rotatable bonds is 4. The van der Waals surface area contributed by atoms with E-state index < -0.39 is 11.7 Å². The zero-order valence-corrected chi connectivity index (χ0v) is 17.4. The summed E-state index contributed by atoms with van der Waals surface area (Å²) >= 11 is 6.25. The van der Waals surface area contributed by atoms with Crippen molar-refractivity contribution in [2.24, 2.45) is 0 Å². The molecule has 1 heterocycles. The first-order chi connectivity index (χ1) is 14.4. The first-order valence-electron chi connectivity index (χ1n) is 9.64. The molecule has 0 saturated heterocycles. The van der Waals surface area contributed by atoms with Crippen molar-refractivity contribution < 1.29 is 23.5 Å². The molecule has 7 heteroatoms. The number of benzene rings is 2. The number of Topliss-reactive ketones (excluding diaryl/α,β-unsaturated/α-hetero) is 1. The highest BCUT2D eigenvalue weighted by atomic mass is 35.5. The Kier molecular flexibility index (Phi) is 5.52. The molecular formula is C23H21ClFNO4. The van der Waals surface area contributed by atoms with E-state index in [2.05, 4.69) is 5.32 Å². The van der Waals surface area contributed by atoms with Crippen LogP contribution in [-0.2, 0) is 9.59 Å². The number of carbonyl (C=O) groups excluding carboxylic acids is 2. The Bertz CT molecular complexity index is 1040. The molecule has 0 aromatic heterocycles. The Morgan fingerprint density at radius 1 is 1.07 bits per heavy atom. The molecule has 30 heavy (non-hydrogen) atoms. The predicted octanol–water partition coefficient (Wildman–Crippen LogP) is 4.50. The third-order valence-corrected chi connectivity index (χ3v) is 6.09. The molecule has 1 N–H and O–H groups in total. The zero-order chi connectivity index (χ0) is 21.4. The fourth-order valence-electron chi connectivity index (χ4n) is 4.43. The van der Waals surface area contributed by atoms with Gasteiger partial charge >= 0.3 is 0 Å². The highest BCUT2D eigenvalue weighted by Gasteiger charge is 2.40. The van der Waals surface area contributed by atoms with Gasteiger partial charge in [0, 0.05) is 52.1 Å². The standard InChI is InChI=1S/C23H21ClFNO4/c1-29-13-6-7-20(30-2)14(10-13)12-8-18-23(19(27)9-12)15(11-21(28)26-18)22-16(24)4-3-5-17(22)25/h3-7,10,12,15H,8-9,11H2,1-2H3,(H,26,28)/t12-,15+/m1/s1. The van der Waals surface area contributed by atoms with E-state index in [1.165, 1.54) is 12.1 Å². The van der Waals surface area contributed by atoms with Gasteiger partial charge in [0.05, 0.1) is 14.2 Å². The van der Waals surface area contributed by atoms with E-state index in [-0.39, 0.29) is 41.0 Å². The molecule has 1 aliphatic carbocycles. The summed E-state index contributed by atoms with van der Waals surface area (Å²) in [5, 5.41) is 3.05. The Hall–Kier alpha value is -2.86. The lowest BCUT2D eigenvalue weighted by Crippen LogP contribution is -2.38. The highest BCUT2D eigenvalue weighted by Crippen LogP contribution is 2.46. The predicted molar refractivity (Wildman–Crippen MR) is 110 cm³/mol. The van der Waals surface area contributed by atoms with Gasteiger partial charge in [-0.05, 0) is 36.8 Å². The monoisotopic (exact) mass is 429 g/mol. The van der Waals surface area contributed by atoms with Crippen molar-refractivity contribution in [2.45, 2.75) is 31.1 Å². The third-order valence-electron chi connectivity index (χ3n) is 5.76. The molecule has 0 unspecified atom stereocenters. The number of halogens is 2. The molecule has 0 fully saturated rings. The van der Waals surface area contributed by atoms with Crippen molar-refractivity contribution in [2.75, 3.05) is 14.2 Å². The van der Waals surface area contributed by atoms with E-state index in [0.717, 1.165) is 5.56 Å². The molecule has 0 bridgehead atoms. The summed E-state index contributed by atoms with van der Waals surface area (Å²) in [7, 11) is 3.14. The first-order valence-corrected chi connectivity index (χ1v) is 10.0. The Labute approximate surface area is 178 Å². The van der Waals surface area contributed by atoms with Gasteiger partial charge in [-0.25, -0.2) is 4.39 Å². The summed E-state index contributed by atoms with van der Waals surface area (Å²) in [6, 6.07) is 9.81. The topological polar surface area (TPSA) is 64.6 Å². The number of hydrogen-bond acceptors (Lipinski definition) is 4. The van der Waals surface area contributed by atoms with Gasteiger partial charge in [-0.1, -0.05) is 17.7 Å². The maximum absolute atomic E-state index is 14.6. The number of ketones is 1. The minimum absolute atomic E-state index is 0.0155. The van der Waals surface area contributed by atoms with E-state index in [4.69, 9.17) is 21.1 Å². The van der Waals surface area contributed by atoms with E-state index in [1.54, 1.807) is 32.4 Å². The second-order valence-electron chi connectivity index (χ2n) is 7.47. The molecule has 2 atom stereocenters. The molecular weight excluding hydrogens is 409 g/mol. The number of carbonyl (C=O) groups is 2. The Morgan fingerprint density at radius 3 is 2.57 bits per heavy atom. The largest absolute Gasteiger partial charge is 0.497 e. The minimum Gasteiger partial charge on any atom is -0.497 e. The number of ether oxygens (including phenoxy) is 2.